The fraction of sp³-hybridized carbons (Fsp3) is 0. The lowest BCUT2D eigenvalue weighted by molar-refractivity contribution is 0.979. The van der Waals surface area contributed by atoms with E-state index in [0.29, 0.717) is 5.82 Å². The van der Waals surface area contributed by atoms with Crippen molar-refractivity contribution in [2.75, 3.05) is 0 Å². The molecule has 9 aromatic carbocycles. The van der Waals surface area contributed by atoms with E-state index in [1.54, 1.807) is 0 Å². The highest BCUT2D eigenvalue weighted by Gasteiger charge is 2.22. The molecule has 68 heavy (non-hydrogen) atoms. The predicted molar refractivity (Wildman–Crippen MR) is 281 cm³/mol. The zero-order valence-electron chi connectivity index (χ0n) is 36.9. The molecule has 0 aliphatic heterocycles. The summed E-state index contributed by atoms with van der Waals surface area (Å²) in [6.45, 7) is 0. The van der Waals surface area contributed by atoms with Gasteiger partial charge in [-0.25, -0.2) is 14.5 Å². The summed E-state index contributed by atoms with van der Waals surface area (Å²) in [7, 11) is 0. The van der Waals surface area contributed by atoms with Gasteiger partial charge in [-0.2, -0.15) is 5.10 Å². The van der Waals surface area contributed by atoms with Crippen molar-refractivity contribution in [2.24, 2.45) is 0 Å². The van der Waals surface area contributed by atoms with Crippen molar-refractivity contribution in [1.29, 1.82) is 0 Å². The Morgan fingerprint density at radius 2 is 0.838 bits per heavy atom. The largest absolute Gasteiger partial charge is 0.309 e. The van der Waals surface area contributed by atoms with Crippen LogP contribution in [0, 0.1) is 0 Å². The SMILES string of the molecule is c1ccc(-c2nc(-c3cccc(-c4ccc5c(c4)cc(-c4ccccc4)n4nc(-c6ccccc6)c(-c6ccccc6)c54)c3)cc(-c3cccc(-n4c5ccccc5c5ccccc54)c3)n2)cc1. The number of aromatic nitrogens is 5. The first kappa shape index (κ1) is 39.2. The third-order valence-corrected chi connectivity index (χ3v) is 13.1. The topological polar surface area (TPSA) is 48.0 Å². The Balaban J connectivity index is 0.962. The van der Waals surface area contributed by atoms with Gasteiger partial charge >= 0.3 is 0 Å². The van der Waals surface area contributed by atoms with E-state index in [9.17, 15) is 0 Å². The van der Waals surface area contributed by atoms with Crippen LogP contribution in [0.1, 0.15) is 0 Å². The van der Waals surface area contributed by atoms with E-state index in [1.165, 1.54) is 21.8 Å². The molecule has 13 rings (SSSR count). The van der Waals surface area contributed by atoms with E-state index in [1.807, 2.05) is 18.2 Å². The molecule has 0 aliphatic rings. The maximum absolute atomic E-state index is 5.41. The van der Waals surface area contributed by atoms with E-state index >= 15 is 0 Å². The normalized spacial score (nSPS) is 11.5. The summed E-state index contributed by atoms with van der Waals surface area (Å²) >= 11 is 0. The van der Waals surface area contributed by atoms with Crippen molar-refractivity contribution >= 4 is 38.1 Å². The lowest BCUT2D eigenvalue weighted by Gasteiger charge is -2.13. The Morgan fingerprint density at radius 3 is 1.50 bits per heavy atom. The van der Waals surface area contributed by atoms with Crippen LogP contribution in [-0.4, -0.2) is 24.1 Å². The minimum atomic E-state index is 0.679. The fourth-order valence-electron chi connectivity index (χ4n) is 9.94. The molecule has 13 aromatic rings. The number of rotatable bonds is 8. The molecule has 0 atom stereocenters. The van der Waals surface area contributed by atoms with Crippen LogP contribution in [0.15, 0.2) is 249 Å². The first-order valence-corrected chi connectivity index (χ1v) is 23.0. The van der Waals surface area contributed by atoms with Gasteiger partial charge in [0.25, 0.3) is 0 Å². The van der Waals surface area contributed by atoms with Crippen LogP contribution in [0.5, 0.6) is 0 Å². The highest BCUT2D eigenvalue weighted by atomic mass is 15.2. The van der Waals surface area contributed by atoms with Crippen LogP contribution < -0.4 is 0 Å². The molecule has 0 saturated heterocycles. The van der Waals surface area contributed by atoms with Crippen molar-refractivity contribution in [3.8, 4) is 84.4 Å². The number of pyridine rings is 1. The van der Waals surface area contributed by atoms with Gasteiger partial charge in [0.15, 0.2) is 5.82 Å². The van der Waals surface area contributed by atoms with Gasteiger partial charge in [-0.05, 0) is 70.6 Å². The smallest absolute Gasteiger partial charge is 0.160 e. The van der Waals surface area contributed by atoms with Gasteiger partial charge in [-0.15, -0.1) is 0 Å². The Bertz CT molecular complexity index is 3950. The molecular weight excluding hydrogens is 827 g/mol. The molecule has 0 aliphatic carbocycles. The molecule has 0 radical (unpaired) electrons. The zero-order valence-corrected chi connectivity index (χ0v) is 36.9. The maximum atomic E-state index is 5.41. The van der Waals surface area contributed by atoms with Gasteiger partial charge in [-0.1, -0.05) is 200 Å². The second-order valence-electron chi connectivity index (χ2n) is 17.2. The molecule has 318 valence electrons. The Labute approximate surface area is 393 Å². The van der Waals surface area contributed by atoms with Gasteiger partial charge in [-0.3, -0.25) is 0 Å². The molecule has 5 nitrogen and oxygen atoms in total. The van der Waals surface area contributed by atoms with Crippen LogP contribution >= 0.6 is 0 Å². The maximum Gasteiger partial charge on any atom is 0.160 e. The Kier molecular flexibility index (Phi) is 9.43. The van der Waals surface area contributed by atoms with Crippen molar-refractivity contribution in [3.63, 3.8) is 0 Å². The third kappa shape index (κ3) is 6.76. The number of benzene rings is 9. The summed E-state index contributed by atoms with van der Waals surface area (Å²) in [5, 5.41) is 10.1. The Morgan fingerprint density at radius 1 is 0.324 bits per heavy atom. The van der Waals surface area contributed by atoms with Crippen LogP contribution in [-0.2, 0) is 0 Å². The molecular formula is C63H41N5. The van der Waals surface area contributed by atoms with Crippen LogP contribution in [0.2, 0.25) is 0 Å². The molecule has 0 unspecified atom stereocenters. The number of fused-ring (bicyclic) bond motifs is 6. The highest BCUT2D eigenvalue weighted by Crippen LogP contribution is 2.42. The van der Waals surface area contributed by atoms with Gasteiger partial charge in [0, 0.05) is 55.2 Å². The molecule has 0 amide bonds. The average Bonchev–Trinajstić information content (AvgIpc) is 3.99. The van der Waals surface area contributed by atoms with Crippen LogP contribution in [0.4, 0.5) is 0 Å². The van der Waals surface area contributed by atoms with Crippen LogP contribution in [0.25, 0.3) is 122 Å². The molecule has 4 heterocycles. The second kappa shape index (κ2) is 16.4. The molecule has 5 heteroatoms. The molecule has 0 saturated carbocycles. The van der Waals surface area contributed by atoms with E-state index in [2.05, 4.69) is 240 Å². The van der Waals surface area contributed by atoms with E-state index in [4.69, 9.17) is 15.1 Å². The lowest BCUT2D eigenvalue weighted by Crippen LogP contribution is -1.98. The molecule has 0 N–H and O–H groups in total. The number of para-hydroxylation sites is 2. The van der Waals surface area contributed by atoms with E-state index < -0.39 is 0 Å². The fourth-order valence-corrected chi connectivity index (χ4v) is 9.94. The van der Waals surface area contributed by atoms with Crippen molar-refractivity contribution in [2.45, 2.75) is 0 Å². The van der Waals surface area contributed by atoms with E-state index in [-0.39, 0.29) is 0 Å². The summed E-state index contributed by atoms with van der Waals surface area (Å²) in [5.41, 5.74) is 17.8. The van der Waals surface area contributed by atoms with Gasteiger partial charge < -0.3 is 4.57 Å². The number of hydrogen-bond donors (Lipinski definition) is 0. The number of nitrogens with zero attached hydrogens (tertiary/aromatic N) is 5. The molecule has 0 spiro atoms. The Hall–Kier alpha value is -9.19. The third-order valence-electron chi connectivity index (χ3n) is 13.1. The average molecular weight is 868 g/mol. The highest BCUT2D eigenvalue weighted by molar-refractivity contribution is 6.10. The van der Waals surface area contributed by atoms with Crippen molar-refractivity contribution in [3.05, 3.63) is 249 Å². The molecule has 0 fully saturated rings. The van der Waals surface area contributed by atoms with Crippen molar-refractivity contribution in [1.82, 2.24) is 24.1 Å². The monoisotopic (exact) mass is 867 g/mol. The summed E-state index contributed by atoms with van der Waals surface area (Å²) in [6.07, 6.45) is 0. The standard InChI is InChI=1S/C63H41N5/c1-5-19-42(20-6-1)59-40-50-38-47(35-36-52(50)62-60(43-21-7-2-8-22-43)61(66-68(59)62)44-23-9-3-10-24-44)46-27-17-28-48(37-46)55-41-56(65-63(64-55)45-25-11-4-12-26-45)49-29-18-30-51(39-49)67-57-33-15-13-31-53(57)54-32-14-16-34-58(54)67/h1-41H. The second-order valence-corrected chi connectivity index (χ2v) is 17.2. The quantitative estimate of drug-likeness (QED) is 0.153. The summed E-state index contributed by atoms with van der Waals surface area (Å²) in [5.74, 6) is 0.679. The van der Waals surface area contributed by atoms with Gasteiger partial charge in [0.1, 0.15) is 5.69 Å². The molecule has 4 aromatic heterocycles. The first-order valence-electron chi connectivity index (χ1n) is 23.0. The lowest BCUT2D eigenvalue weighted by atomic mass is 9.94. The van der Waals surface area contributed by atoms with Crippen molar-refractivity contribution < 1.29 is 0 Å². The summed E-state index contributed by atoms with van der Waals surface area (Å²) < 4.78 is 4.51. The van der Waals surface area contributed by atoms with E-state index in [0.717, 1.165) is 94.8 Å². The summed E-state index contributed by atoms with van der Waals surface area (Å²) in [6, 6.07) is 88.0. The minimum Gasteiger partial charge on any atom is -0.309 e. The molecule has 0 bridgehead atoms. The zero-order chi connectivity index (χ0) is 45.0. The first-order chi connectivity index (χ1) is 33.7. The number of hydrogen-bond acceptors (Lipinski definition) is 3. The van der Waals surface area contributed by atoms with Crippen LogP contribution in [0.3, 0.4) is 0 Å². The summed E-state index contributed by atoms with van der Waals surface area (Å²) in [4.78, 5) is 10.5. The van der Waals surface area contributed by atoms with Gasteiger partial charge in [0.05, 0.1) is 33.6 Å². The minimum absolute atomic E-state index is 0.679. The van der Waals surface area contributed by atoms with Gasteiger partial charge in [0.2, 0.25) is 0 Å². The predicted octanol–water partition coefficient (Wildman–Crippen LogP) is 16.0.